The number of halogens is 1. The second-order valence-corrected chi connectivity index (χ2v) is 4.88. The van der Waals surface area contributed by atoms with Gasteiger partial charge in [-0.15, -0.1) is 0 Å². The third-order valence-electron chi connectivity index (χ3n) is 2.96. The molecule has 2 aromatic rings. The predicted octanol–water partition coefficient (Wildman–Crippen LogP) is 3.05. The summed E-state index contributed by atoms with van der Waals surface area (Å²) >= 11 is 3.32. The van der Waals surface area contributed by atoms with Gasteiger partial charge in [0.1, 0.15) is 4.47 Å². The minimum atomic E-state index is -0.157. The molecule has 0 radical (unpaired) electrons. The summed E-state index contributed by atoms with van der Waals surface area (Å²) < 4.78 is 0.467. The van der Waals surface area contributed by atoms with Crippen molar-refractivity contribution in [2.75, 3.05) is 18.0 Å². The van der Waals surface area contributed by atoms with Gasteiger partial charge in [-0.1, -0.05) is 30.3 Å². The summed E-state index contributed by atoms with van der Waals surface area (Å²) in [4.78, 5) is 21.4. The van der Waals surface area contributed by atoms with Crippen LogP contribution in [0.25, 0.3) is 11.3 Å². The SMILES string of the molecule is CCN(CC)c1nc(-c2ccccc2)c(Br)c(=O)[nH]1. The predicted molar refractivity (Wildman–Crippen MR) is 81.6 cm³/mol. The summed E-state index contributed by atoms with van der Waals surface area (Å²) in [6.45, 7) is 5.67. The highest BCUT2D eigenvalue weighted by molar-refractivity contribution is 9.10. The number of aromatic nitrogens is 2. The third-order valence-corrected chi connectivity index (χ3v) is 3.70. The van der Waals surface area contributed by atoms with Crippen LogP contribution in [-0.4, -0.2) is 23.1 Å². The van der Waals surface area contributed by atoms with Gasteiger partial charge in [0.2, 0.25) is 5.95 Å². The number of H-pyrrole nitrogens is 1. The molecule has 0 unspecified atom stereocenters. The monoisotopic (exact) mass is 321 g/mol. The first-order valence-corrected chi connectivity index (χ1v) is 7.06. The standard InChI is InChI=1S/C14H16BrN3O/c1-3-18(4-2)14-16-12(11(15)13(19)17-14)10-8-6-5-7-9-10/h5-9H,3-4H2,1-2H3,(H,16,17,19). The van der Waals surface area contributed by atoms with E-state index in [-0.39, 0.29) is 5.56 Å². The molecule has 4 nitrogen and oxygen atoms in total. The smallest absolute Gasteiger partial charge is 0.267 e. The summed E-state index contributed by atoms with van der Waals surface area (Å²) in [6, 6.07) is 9.69. The zero-order valence-electron chi connectivity index (χ0n) is 11.0. The number of benzene rings is 1. The second kappa shape index (κ2) is 6.02. The normalized spacial score (nSPS) is 10.5. The Kier molecular flexibility index (Phi) is 4.37. The van der Waals surface area contributed by atoms with Crippen LogP contribution in [0.3, 0.4) is 0 Å². The van der Waals surface area contributed by atoms with E-state index in [1.165, 1.54) is 0 Å². The van der Waals surface area contributed by atoms with Crippen LogP contribution in [0.15, 0.2) is 39.6 Å². The number of nitrogens with zero attached hydrogens (tertiary/aromatic N) is 2. The molecule has 2 rings (SSSR count). The molecule has 0 amide bonds. The molecule has 19 heavy (non-hydrogen) atoms. The Balaban J connectivity index is 2.58. The molecule has 0 aliphatic rings. The largest absolute Gasteiger partial charge is 0.343 e. The molecule has 5 heteroatoms. The van der Waals surface area contributed by atoms with E-state index in [0.29, 0.717) is 16.1 Å². The van der Waals surface area contributed by atoms with Gasteiger partial charge in [0.05, 0.1) is 5.69 Å². The van der Waals surface area contributed by atoms with Gasteiger partial charge in [-0.3, -0.25) is 9.78 Å². The minimum absolute atomic E-state index is 0.157. The van der Waals surface area contributed by atoms with Crippen molar-refractivity contribution in [2.45, 2.75) is 13.8 Å². The molecule has 0 atom stereocenters. The Labute approximate surface area is 120 Å². The number of nitrogens with one attached hydrogen (secondary N) is 1. The Morgan fingerprint density at radius 2 is 1.84 bits per heavy atom. The van der Waals surface area contributed by atoms with Crippen molar-refractivity contribution < 1.29 is 0 Å². The zero-order chi connectivity index (χ0) is 13.8. The Morgan fingerprint density at radius 3 is 2.42 bits per heavy atom. The van der Waals surface area contributed by atoms with E-state index >= 15 is 0 Å². The van der Waals surface area contributed by atoms with E-state index in [2.05, 4.69) is 25.9 Å². The van der Waals surface area contributed by atoms with E-state index in [9.17, 15) is 4.79 Å². The van der Waals surface area contributed by atoms with Gasteiger partial charge < -0.3 is 4.90 Å². The van der Waals surface area contributed by atoms with Crippen LogP contribution >= 0.6 is 15.9 Å². The molecule has 0 aliphatic carbocycles. The number of hydrogen-bond acceptors (Lipinski definition) is 3. The summed E-state index contributed by atoms with van der Waals surface area (Å²) in [7, 11) is 0. The fourth-order valence-electron chi connectivity index (χ4n) is 1.91. The Bertz CT molecular complexity index is 606. The lowest BCUT2D eigenvalue weighted by atomic mass is 10.1. The molecular weight excluding hydrogens is 306 g/mol. The van der Waals surface area contributed by atoms with E-state index in [1.54, 1.807) is 0 Å². The molecule has 1 N–H and O–H groups in total. The molecule has 0 spiro atoms. The van der Waals surface area contributed by atoms with Gasteiger partial charge in [-0.25, -0.2) is 4.98 Å². The van der Waals surface area contributed by atoms with Gasteiger partial charge in [-0.2, -0.15) is 0 Å². The van der Waals surface area contributed by atoms with Crippen molar-refractivity contribution in [1.82, 2.24) is 9.97 Å². The first-order chi connectivity index (χ1) is 9.17. The van der Waals surface area contributed by atoms with Crippen molar-refractivity contribution >= 4 is 21.9 Å². The maximum absolute atomic E-state index is 12.0. The topological polar surface area (TPSA) is 49.0 Å². The highest BCUT2D eigenvalue weighted by Crippen LogP contribution is 2.24. The highest BCUT2D eigenvalue weighted by Gasteiger charge is 2.13. The van der Waals surface area contributed by atoms with Crippen LogP contribution in [-0.2, 0) is 0 Å². The first-order valence-electron chi connectivity index (χ1n) is 6.27. The molecule has 0 fully saturated rings. The molecule has 0 aliphatic heterocycles. The highest BCUT2D eigenvalue weighted by atomic mass is 79.9. The van der Waals surface area contributed by atoms with Gasteiger partial charge >= 0.3 is 0 Å². The zero-order valence-corrected chi connectivity index (χ0v) is 12.6. The van der Waals surface area contributed by atoms with Crippen LogP contribution in [0.4, 0.5) is 5.95 Å². The molecule has 0 saturated carbocycles. The molecule has 1 aromatic heterocycles. The summed E-state index contributed by atoms with van der Waals surface area (Å²) in [5.41, 5.74) is 1.44. The van der Waals surface area contributed by atoms with Gasteiger partial charge in [-0.05, 0) is 29.8 Å². The maximum atomic E-state index is 12.0. The number of rotatable bonds is 4. The molecule has 0 saturated heterocycles. The number of hydrogen-bond donors (Lipinski definition) is 1. The average molecular weight is 322 g/mol. The van der Waals surface area contributed by atoms with E-state index in [0.717, 1.165) is 18.7 Å². The second-order valence-electron chi connectivity index (χ2n) is 4.09. The Morgan fingerprint density at radius 1 is 1.21 bits per heavy atom. The first kappa shape index (κ1) is 13.8. The molecule has 0 bridgehead atoms. The third kappa shape index (κ3) is 2.87. The lowest BCUT2D eigenvalue weighted by Crippen LogP contribution is -2.27. The van der Waals surface area contributed by atoms with Crippen molar-refractivity contribution in [2.24, 2.45) is 0 Å². The quantitative estimate of drug-likeness (QED) is 0.941. The molecular formula is C14H16BrN3O. The summed E-state index contributed by atoms with van der Waals surface area (Å²) in [5, 5.41) is 0. The summed E-state index contributed by atoms with van der Waals surface area (Å²) in [6.07, 6.45) is 0. The molecule has 100 valence electrons. The van der Waals surface area contributed by atoms with E-state index in [1.807, 2.05) is 49.1 Å². The summed E-state index contributed by atoms with van der Waals surface area (Å²) in [5.74, 6) is 0.608. The molecule has 1 aromatic carbocycles. The van der Waals surface area contributed by atoms with Crippen LogP contribution in [0.2, 0.25) is 0 Å². The fourth-order valence-corrected chi connectivity index (χ4v) is 2.32. The van der Waals surface area contributed by atoms with Crippen LogP contribution in [0.1, 0.15) is 13.8 Å². The van der Waals surface area contributed by atoms with Crippen molar-refractivity contribution in [3.05, 3.63) is 45.2 Å². The number of aromatic amines is 1. The van der Waals surface area contributed by atoms with Crippen molar-refractivity contribution in [1.29, 1.82) is 0 Å². The fraction of sp³-hybridized carbons (Fsp3) is 0.286. The van der Waals surface area contributed by atoms with Gasteiger partial charge in [0, 0.05) is 18.7 Å². The van der Waals surface area contributed by atoms with Gasteiger partial charge in [0.25, 0.3) is 5.56 Å². The van der Waals surface area contributed by atoms with E-state index < -0.39 is 0 Å². The molecule has 1 heterocycles. The van der Waals surface area contributed by atoms with Crippen LogP contribution < -0.4 is 10.5 Å². The van der Waals surface area contributed by atoms with Gasteiger partial charge in [0.15, 0.2) is 0 Å². The maximum Gasteiger partial charge on any atom is 0.267 e. The average Bonchev–Trinajstić information content (AvgIpc) is 2.44. The lowest BCUT2D eigenvalue weighted by molar-refractivity contribution is 0.816. The van der Waals surface area contributed by atoms with E-state index in [4.69, 9.17) is 0 Å². The lowest BCUT2D eigenvalue weighted by Gasteiger charge is -2.19. The number of anilines is 1. The van der Waals surface area contributed by atoms with Crippen LogP contribution in [0, 0.1) is 0 Å². The van der Waals surface area contributed by atoms with Crippen molar-refractivity contribution in [3.63, 3.8) is 0 Å². The van der Waals surface area contributed by atoms with Crippen molar-refractivity contribution in [3.8, 4) is 11.3 Å². The minimum Gasteiger partial charge on any atom is -0.343 e. The van der Waals surface area contributed by atoms with Crippen LogP contribution in [0.5, 0.6) is 0 Å². The Hall–Kier alpha value is -1.62.